The Bertz CT molecular complexity index is 651. The molecular formula is C23H40N4O3. The molecular weight excluding hydrogens is 380 g/mol. The summed E-state index contributed by atoms with van der Waals surface area (Å²) < 4.78 is 5.01. The van der Waals surface area contributed by atoms with Gasteiger partial charge in [-0.25, -0.2) is 0 Å². The van der Waals surface area contributed by atoms with Gasteiger partial charge in [-0.15, -0.1) is 0 Å². The summed E-state index contributed by atoms with van der Waals surface area (Å²) in [6.07, 6.45) is 8.40. The van der Waals surface area contributed by atoms with E-state index in [1.165, 1.54) is 25.7 Å². The third-order valence-corrected chi connectivity index (χ3v) is 6.29. The van der Waals surface area contributed by atoms with Crippen LogP contribution in [0.5, 0.6) is 0 Å². The number of amides is 2. The lowest BCUT2D eigenvalue weighted by atomic mass is 10.0. The Morgan fingerprint density at radius 2 is 1.97 bits per heavy atom. The van der Waals surface area contributed by atoms with Crippen LogP contribution < -0.4 is 5.32 Å². The molecule has 7 nitrogen and oxygen atoms in total. The van der Waals surface area contributed by atoms with Gasteiger partial charge in [0.15, 0.2) is 5.82 Å². The van der Waals surface area contributed by atoms with E-state index in [-0.39, 0.29) is 24.4 Å². The predicted octanol–water partition coefficient (Wildman–Crippen LogP) is 4.23. The third-order valence-electron chi connectivity index (χ3n) is 6.29. The maximum Gasteiger partial charge on any atom is 0.245 e. The lowest BCUT2D eigenvalue weighted by molar-refractivity contribution is -0.137. The van der Waals surface area contributed by atoms with Crippen molar-refractivity contribution in [1.29, 1.82) is 0 Å². The highest BCUT2D eigenvalue weighted by molar-refractivity contribution is 5.93. The highest BCUT2D eigenvalue weighted by Crippen LogP contribution is 2.29. The summed E-state index contributed by atoms with van der Waals surface area (Å²) in [4.78, 5) is 29.8. The van der Waals surface area contributed by atoms with E-state index in [0.717, 1.165) is 38.9 Å². The molecule has 2 rings (SSSR count). The van der Waals surface area contributed by atoms with Crippen LogP contribution in [-0.2, 0) is 9.59 Å². The molecule has 0 radical (unpaired) electrons. The zero-order chi connectivity index (χ0) is 21.9. The minimum Gasteiger partial charge on any atom is -0.360 e. The Kier molecular flexibility index (Phi) is 10.3. The zero-order valence-corrected chi connectivity index (χ0v) is 19.3. The average Bonchev–Trinajstić information content (AvgIpc) is 3.39. The topological polar surface area (TPSA) is 78.7 Å². The van der Waals surface area contributed by atoms with Gasteiger partial charge in [0.05, 0.1) is 0 Å². The van der Waals surface area contributed by atoms with Crippen LogP contribution >= 0.6 is 0 Å². The van der Waals surface area contributed by atoms with Crippen LogP contribution in [0, 0.1) is 12.8 Å². The highest BCUT2D eigenvalue weighted by atomic mass is 16.5. The normalized spacial score (nSPS) is 15.5. The number of hydrogen-bond acceptors (Lipinski definition) is 5. The van der Waals surface area contributed by atoms with Gasteiger partial charge in [0.25, 0.3) is 0 Å². The lowest BCUT2D eigenvalue weighted by Crippen LogP contribution is -2.44. The number of rotatable bonds is 13. The number of carbonyl (C=O) groups excluding carboxylic acids is 2. The summed E-state index contributed by atoms with van der Waals surface area (Å²) in [5.41, 5.74) is 0. The van der Waals surface area contributed by atoms with E-state index in [1.807, 2.05) is 0 Å². The van der Waals surface area contributed by atoms with Gasteiger partial charge in [-0.05, 0) is 58.7 Å². The number of carbonyl (C=O) groups is 2. The summed E-state index contributed by atoms with van der Waals surface area (Å²) in [5, 5.41) is 6.56. The molecule has 1 fully saturated rings. The van der Waals surface area contributed by atoms with Gasteiger partial charge in [-0.1, -0.05) is 44.7 Å². The molecule has 0 aliphatic heterocycles. The van der Waals surface area contributed by atoms with Crippen molar-refractivity contribution in [3.05, 3.63) is 11.8 Å². The van der Waals surface area contributed by atoms with Crippen LogP contribution in [0.2, 0.25) is 0 Å². The first-order valence-electron chi connectivity index (χ1n) is 11.7. The average molecular weight is 421 g/mol. The Morgan fingerprint density at radius 3 is 2.57 bits per heavy atom. The molecule has 0 bridgehead atoms. The van der Waals surface area contributed by atoms with Gasteiger partial charge < -0.3 is 19.6 Å². The second kappa shape index (κ2) is 12.7. The van der Waals surface area contributed by atoms with E-state index in [4.69, 9.17) is 4.52 Å². The Labute approximate surface area is 181 Å². The molecule has 1 aromatic rings. The van der Waals surface area contributed by atoms with Crippen molar-refractivity contribution in [1.82, 2.24) is 15.0 Å². The predicted molar refractivity (Wildman–Crippen MR) is 119 cm³/mol. The summed E-state index contributed by atoms with van der Waals surface area (Å²) in [5.74, 6) is 1.56. The van der Waals surface area contributed by atoms with Gasteiger partial charge in [0.2, 0.25) is 11.8 Å². The van der Waals surface area contributed by atoms with Gasteiger partial charge >= 0.3 is 0 Å². The summed E-state index contributed by atoms with van der Waals surface area (Å²) in [6.45, 7) is 11.3. The molecule has 2 amide bonds. The molecule has 0 saturated heterocycles. The molecule has 7 heteroatoms. The minimum absolute atomic E-state index is 0.0291. The second-order valence-electron chi connectivity index (χ2n) is 8.60. The number of aromatic nitrogens is 1. The molecule has 0 aromatic carbocycles. The highest BCUT2D eigenvalue weighted by Gasteiger charge is 2.25. The molecule has 1 N–H and O–H groups in total. The molecule has 1 aromatic heterocycles. The van der Waals surface area contributed by atoms with Crippen molar-refractivity contribution in [3.8, 4) is 0 Å². The maximum absolute atomic E-state index is 13.0. The van der Waals surface area contributed by atoms with Crippen molar-refractivity contribution in [3.63, 3.8) is 0 Å². The number of anilines is 1. The Hall–Kier alpha value is -1.89. The van der Waals surface area contributed by atoms with Gasteiger partial charge in [0.1, 0.15) is 12.3 Å². The summed E-state index contributed by atoms with van der Waals surface area (Å²) in [7, 11) is 0. The fourth-order valence-corrected chi connectivity index (χ4v) is 4.33. The van der Waals surface area contributed by atoms with Crippen molar-refractivity contribution in [2.75, 3.05) is 31.5 Å². The standard InChI is InChI=1S/C23H40N4O3/c1-5-26(6-2)15-9-10-18(3)27(23(29)14-13-20-11-7-8-12-20)17-22(28)24-21-16-19(4)30-25-21/h16,18,20H,5-15,17H2,1-4H3,(H,24,25,28)/t18-/m1/s1. The zero-order valence-electron chi connectivity index (χ0n) is 19.3. The van der Waals surface area contributed by atoms with Crippen LogP contribution in [0.1, 0.15) is 77.9 Å². The largest absolute Gasteiger partial charge is 0.360 e. The van der Waals surface area contributed by atoms with E-state index >= 15 is 0 Å². The van der Waals surface area contributed by atoms with Crippen LogP contribution in [0.4, 0.5) is 5.82 Å². The smallest absolute Gasteiger partial charge is 0.245 e. The molecule has 1 aliphatic carbocycles. The number of nitrogens with one attached hydrogen (secondary N) is 1. The monoisotopic (exact) mass is 420 g/mol. The Morgan fingerprint density at radius 1 is 1.27 bits per heavy atom. The van der Waals surface area contributed by atoms with E-state index in [2.05, 4.69) is 36.1 Å². The number of nitrogens with zero attached hydrogens (tertiary/aromatic N) is 3. The molecule has 0 spiro atoms. The van der Waals surface area contributed by atoms with E-state index < -0.39 is 0 Å². The van der Waals surface area contributed by atoms with E-state index in [1.54, 1.807) is 17.9 Å². The van der Waals surface area contributed by atoms with Crippen molar-refractivity contribution in [2.45, 2.75) is 85.1 Å². The third kappa shape index (κ3) is 8.09. The number of hydrogen-bond donors (Lipinski definition) is 1. The second-order valence-corrected chi connectivity index (χ2v) is 8.60. The van der Waals surface area contributed by atoms with Gasteiger partial charge in [0, 0.05) is 18.5 Å². The first-order valence-corrected chi connectivity index (χ1v) is 11.7. The molecule has 30 heavy (non-hydrogen) atoms. The van der Waals surface area contributed by atoms with Crippen LogP contribution in [-0.4, -0.2) is 59.0 Å². The fraction of sp³-hybridized carbons (Fsp3) is 0.783. The number of aryl methyl sites for hydroxylation is 1. The molecule has 1 atom stereocenters. The summed E-state index contributed by atoms with van der Waals surface area (Å²) >= 11 is 0. The van der Waals surface area contributed by atoms with Crippen LogP contribution in [0.15, 0.2) is 10.6 Å². The van der Waals surface area contributed by atoms with Gasteiger partial charge in [-0.3, -0.25) is 9.59 Å². The van der Waals surface area contributed by atoms with Crippen molar-refractivity contribution < 1.29 is 14.1 Å². The van der Waals surface area contributed by atoms with Gasteiger partial charge in [-0.2, -0.15) is 0 Å². The molecule has 1 aliphatic rings. The first-order chi connectivity index (χ1) is 14.4. The van der Waals surface area contributed by atoms with E-state index in [0.29, 0.717) is 23.9 Å². The first kappa shape index (κ1) is 24.4. The van der Waals surface area contributed by atoms with Crippen molar-refractivity contribution in [2.24, 2.45) is 5.92 Å². The maximum atomic E-state index is 13.0. The van der Waals surface area contributed by atoms with Crippen LogP contribution in [0.25, 0.3) is 0 Å². The molecule has 1 heterocycles. The SMILES string of the molecule is CCN(CC)CCC[C@@H](C)N(CC(=O)Nc1cc(C)on1)C(=O)CCC1CCCC1. The molecule has 1 saturated carbocycles. The van der Waals surface area contributed by atoms with Crippen molar-refractivity contribution >= 4 is 17.6 Å². The van der Waals surface area contributed by atoms with Crippen LogP contribution in [0.3, 0.4) is 0 Å². The summed E-state index contributed by atoms with van der Waals surface area (Å²) in [6, 6.07) is 1.71. The Balaban J connectivity index is 1.92. The quantitative estimate of drug-likeness (QED) is 0.517. The fourth-order valence-electron chi connectivity index (χ4n) is 4.33. The molecule has 0 unspecified atom stereocenters. The lowest BCUT2D eigenvalue weighted by Gasteiger charge is -2.30. The van der Waals surface area contributed by atoms with E-state index in [9.17, 15) is 9.59 Å². The minimum atomic E-state index is -0.229. The molecule has 170 valence electrons.